The molecule has 0 saturated carbocycles. The molecule has 3 N–H and O–H groups in total. The van der Waals surface area contributed by atoms with Crippen molar-refractivity contribution in [1.29, 1.82) is 0 Å². The average molecular weight is 540 g/mol. The minimum atomic E-state index is -4.65. The highest BCUT2D eigenvalue weighted by Gasteiger charge is 2.22. The Balaban J connectivity index is 1.81. The molecule has 1 amide bonds. The molecule has 0 aliphatic rings. The van der Waals surface area contributed by atoms with Crippen molar-refractivity contribution in [1.82, 2.24) is 0 Å². The van der Waals surface area contributed by atoms with Crippen LogP contribution in [0.3, 0.4) is 0 Å². The number of nitrogens with one attached hydrogen (secondary N) is 1. The molecule has 0 heterocycles. The third-order valence-corrected chi connectivity index (χ3v) is 6.64. The fourth-order valence-electron chi connectivity index (χ4n) is 3.85. The number of amides is 1. The van der Waals surface area contributed by atoms with E-state index in [1.165, 1.54) is 25.1 Å². The van der Waals surface area contributed by atoms with Crippen molar-refractivity contribution in [3.8, 4) is 11.5 Å². The molecule has 190 valence electrons. The second kappa shape index (κ2) is 10.6. The summed E-state index contributed by atoms with van der Waals surface area (Å²) in [4.78, 5) is 12.7. The van der Waals surface area contributed by atoms with E-state index in [-0.39, 0.29) is 27.5 Å². The molecule has 9 nitrogen and oxygen atoms in total. The van der Waals surface area contributed by atoms with Crippen molar-refractivity contribution >= 4 is 55.5 Å². The first kappa shape index (κ1) is 26.1. The van der Waals surface area contributed by atoms with Gasteiger partial charge in [0, 0.05) is 22.2 Å². The zero-order valence-corrected chi connectivity index (χ0v) is 21.3. The molecule has 4 aromatic rings. The monoisotopic (exact) mass is 539 g/mol. The first-order valence-electron chi connectivity index (χ1n) is 11.1. The number of ether oxygens (including phenoxy) is 1. The predicted molar refractivity (Wildman–Crippen MR) is 141 cm³/mol. The first-order chi connectivity index (χ1) is 17.6. The number of azo groups is 1. The number of halogens is 1. The van der Waals surface area contributed by atoms with Gasteiger partial charge in [0.05, 0.1) is 12.2 Å². The maximum atomic E-state index is 13.1. The molecule has 0 unspecified atom stereocenters. The predicted octanol–water partition coefficient (Wildman–Crippen LogP) is 6.82. The van der Waals surface area contributed by atoms with Crippen LogP contribution in [-0.4, -0.2) is 30.6 Å². The summed E-state index contributed by atoms with van der Waals surface area (Å²) in [5.41, 5.74) is 0.259. The van der Waals surface area contributed by atoms with Crippen LogP contribution in [0.15, 0.2) is 81.9 Å². The quantitative estimate of drug-likeness (QED) is 0.174. The van der Waals surface area contributed by atoms with E-state index in [0.29, 0.717) is 28.8 Å². The van der Waals surface area contributed by atoms with Crippen molar-refractivity contribution in [3.63, 3.8) is 0 Å². The summed E-state index contributed by atoms with van der Waals surface area (Å²) in [6.45, 7) is 3.76. The first-order valence-corrected chi connectivity index (χ1v) is 12.9. The van der Waals surface area contributed by atoms with E-state index in [0.717, 1.165) is 0 Å². The van der Waals surface area contributed by atoms with Gasteiger partial charge in [-0.05, 0) is 55.1 Å². The molecule has 0 aliphatic carbocycles. The third-order valence-electron chi connectivity index (χ3n) is 5.38. The van der Waals surface area contributed by atoms with Gasteiger partial charge in [0.1, 0.15) is 22.0 Å². The molecule has 0 spiro atoms. The Hall–Kier alpha value is -3.99. The summed E-state index contributed by atoms with van der Waals surface area (Å²) in [7, 11) is -4.65. The van der Waals surface area contributed by atoms with Crippen LogP contribution in [0.5, 0.6) is 11.5 Å². The molecule has 11 heteroatoms. The van der Waals surface area contributed by atoms with Crippen molar-refractivity contribution in [2.24, 2.45) is 10.2 Å². The Morgan fingerprint density at radius 2 is 1.81 bits per heavy atom. The second-order valence-electron chi connectivity index (χ2n) is 8.00. The molecule has 4 aromatic carbocycles. The highest BCUT2D eigenvalue weighted by Crippen LogP contribution is 2.41. The lowest BCUT2D eigenvalue weighted by Crippen LogP contribution is -2.12. The number of carbonyl (C=O) groups is 1. The number of fused-ring (bicyclic) bond motifs is 1. The number of aromatic hydroxyl groups is 1. The van der Waals surface area contributed by atoms with Crippen molar-refractivity contribution in [2.45, 2.75) is 18.7 Å². The van der Waals surface area contributed by atoms with Crippen LogP contribution in [0.2, 0.25) is 5.02 Å². The van der Waals surface area contributed by atoms with Crippen LogP contribution >= 0.6 is 11.6 Å². The average Bonchev–Trinajstić information content (AvgIpc) is 2.82. The minimum absolute atomic E-state index is 0.0646. The van der Waals surface area contributed by atoms with Crippen molar-refractivity contribution in [2.75, 3.05) is 11.9 Å². The fourth-order valence-corrected chi connectivity index (χ4v) is 4.94. The number of rotatable bonds is 7. The van der Waals surface area contributed by atoms with Gasteiger partial charge in [-0.3, -0.25) is 9.35 Å². The molecule has 4 rings (SSSR count). The van der Waals surface area contributed by atoms with Gasteiger partial charge < -0.3 is 15.2 Å². The number of anilines is 1. The molecule has 0 atom stereocenters. The lowest BCUT2D eigenvalue weighted by atomic mass is 10.0. The van der Waals surface area contributed by atoms with Crippen LogP contribution < -0.4 is 10.1 Å². The van der Waals surface area contributed by atoms with E-state index in [1.807, 2.05) is 6.92 Å². The minimum Gasteiger partial charge on any atom is -0.505 e. The Morgan fingerprint density at radius 1 is 1.05 bits per heavy atom. The standard InChI is InChI=1S/C26H22ClN3O6S/c1-3-36-19-9-6-8-18(14-19)28-26(32)21-12-16-7-4-5-10-20(16)23(24(21)31)30-29-22-13-17(27)11-15(2)25(22)37(33,34)35/h4-14,31H,3H2,1-2H3,(H,28,32)(H,33,34,35). The zero-order chi connectivity index (χ0) is 26.7. The normalized spacial score (nSPS) is 11.7. The van der Waals surface area contributed by atoms with Crippen LogP contribution in [0, 0.1) is 6.92 Å². The van der Waals surface area contributed by atoms with Crippen molar-refractivity contribution in [3.05, 3.63) is 82.9 Å². The number of nitrogens with zero attached hydrogens (tertiary/aromatic N) is 2. The Morgan fingerprint density at radius 3 is 2.54 bits per heavy atom. The number of carbonyl (C=O) groups excluding carboxylic acids is 1. The summed E-state index contributed by atoms with van der Waals surface area (Å²) in [5.74, 6) is -0.498. The molecule has 0 aliphatic heterocycles. The molecular weight excluding hydrogens is 518 g/mol. The van der Waals surface area contributed by atoms with E-state index in [9.17, 15) is 22.9 Å². The van der Waals surface area contributed by atoms with E-state index in [1.54, 1.807) is 48.5 Å². The highest BCUT2D eigenvalue weighted by atomic mass is 35.5. The Labute approximate surface area is 218 Å². The molecule has 37 heavy (non-hydrogen) atoms. The SMILES string of the molecule is CCOc1cccc(NC(=O)c2cc3ccccc3c(N=Nc3cc(Cl)cc(C)c3S(=O)(=O)O)c2O)c1. The van der Waals surface area contributed by atoms with E-state index >= 15 is 0 Å². The van der Waals surface area contributed by atoms with Crippen LogP contribution in [0.4, 0.5) is 17.1 Å². The Kier molecular flexibility index (Phi) is 7.44. The molecule has 0 saturated heterocycles. The highest BCUT2D eigenvalue weighted by molar-refractivity contribution is 7.86. The van der Waals surface area contributed by atoms with Crippen LogP contribution in [0.1, 0.15) is 22.8 Å². The molecular formula is C26H22ClN3O6S. The summed E-state index contributed by atoms with van der Waals surface area (Å²) in [6.07, 6.45) is 0. The van der Waals surface area contributed by atoms with E-state index in [2.05, 4.69) is 15.5 Å². The van der Waals surface area contributed by atoms with Gasteiger partial charge in [-0.2, -0.15) is 8.42 Å². The number of hydrogen-bond donors (Lipinski definition) is 3. The summed E-state index contributed by atoms with van der Waals surface area (Å²) < 4.78 is 39.1. The summed E-state index contributed by atoms with van der Waals surface area (Å²) in [5, 5.41) is 23.1. The third kappa shape index (κ3) is 5.72. The van der Waals surface area contributed by atoms with Gasteiger partial charge in [0.15, 0.2) is 5.75 Å². The zero-order valence-electron chi connectivity index (χ0n) is 19.8. The number of phenols is 1. The molecule has 0 bridgehead atoms. The lowest BCUT2D eigenvalue weighted by molar-refractivity contribution is 0.102. The maximum Gasteiger partial charge on any atom is 0.297 e. The number of hydrogen-bond acceptors (Lipinski definition) is 7. The van der Waals surface area contributed by atoms with E-state index < -0.39 is 26.7 Å². The summed E-state index contributed by atoms with van der Waals surface area (Å²) >= 11 is 6.07. The number of aryl methyl sites for hydroxylation is 1. The van der Waals surface area contributed by atoms with E-state index in [4.69, 9.17) is 16.3 Å². The van der Waals surface area contributed by atoms with Gasteiger partial charge in [0.2, 0.25) is 0 Å². The Bertz CT molecular complexity index is 1650. The van der Waals surface area contributed by atoms with Gasteiger partial charge in [-0.25, -0.2) is 0 Å². The van der Waals surface area contributed by atoms with Crippen molar-refractivity contribution < 1.29 is 27.6 Å². The second-order valence-corrected chi connectivity index (χ2v) is 9.80. The van der Waals surface area contributed by atoms with Gasteiger partial charge in [-0.1, -0.05) is 41.9 Å². The van der Waals surface area contributed by atoms with Gasteiger partial charge >= 0.3 is 0 Å². The van der Waals surface area contributed by atoms with Gasteiger partial charge in [-0.15, -0.1) is 10.2 Å². The van der Waals surface area contributed by atoms with Crippen LogP contribution in [-0.2, 0) is 10.1 Å². The number of benzene rings is 4. The largest absolute Gasteiger partial charge is 0.505 e. The molecule has 0 radical (unpaired) electrons. The molecule has 0 fully saturated rings. The smallest absolute Gasteiger partial charge is 0.297 e. The fraction of sp³-hybridized carbons (Fsp3) is 0.115. The lowest BCUT2D eigenvalue weighted by Gasteiger charge is -2.12. The number of phenolic OH excluding ortho intramolecular Hbond substituents is 1. The van der Waals surface area contributed by atoms with Gasteiger partial charge in [0.25, 0.3) is 16.0 Å². The summed E-state index contributed by atoms with van der Waals surface area (Å²) in [6, 6.07) is 17.8. The topological polar surface area (TPSA) is 138 Å². The van der Waals surface area contributed by atoms with Crippen LogP contribution in [0.25, 0.3) is 10.8 Å². The molecule has 0 aromatic heterocycles. The maximum absolute atomic E-state index is 13.1.